The Morgan fingerprint density at radius 2 is 2.33 bits per heavy atom. The minimum atomic E-state index is -0.195. The van der Waals surface area contributed by atoms with E-state index in [0.29, 0.717) is 12.2 Å². The summed E-state index contributed by atoms with van der Waals surface area (Å²) in [7, 11) is 0. The van der Waals surface area contributed by atoms with Gasteiger partial charge in [-0.15, -0.1) is 0 Å². The first kappa shape index (κ1) is 12.1. The van der Waals surface area contributed by atoms with E-state index in [4.69, 9.17) is 4.84 Å². The maximum atomic E-state index is 11.5. The Bertz CT molecular complexity index is 328. The van der Waals surface area contributed by atoms with Crippen molar-refractivity contribution in [3.8, 4) is 0 Å². The van der Waals surface area contributed by atoms with Gasteiger partial charge in [0.15, 0.2) is 0 Å². The van der Waals surface area contributed by atoms with Crippen LogP contribution in [0.4, 0.5) is 0 Å². The smallest absolute Gasteiger partial charge is 0.274 e. The second-order valence-corrected chi connectivity index (χ2v) is 3.86. The standard InChI is InChI=1S/C11H15NO2S/c1-3-14-12-11(13)10-6-4-5-9(7-10)8-15-2/h4-7H,3,8H2,1-2H3,(H,12,13). The molecule has 0 saturated heterocycles. The Hall–Kier alpha value is -1.00. The van der Waals surface area contributed by atoms with E-state index < -0.39 is 0 Å². The molecule has 0 bridgehead atoms. The summed E-state index contributed by atoms with van der Waals surface area (Å²) < 4.78 is 0. The molecule has 0 unspecified atom stereocenters. The van der Waals surface area contributed by atoms with Crippen LogP contribution in [0.3, 0.4) is 0 Å². The maximum absolute atomic E-state index is 11.5. The molecule has 82 valence electrons. The van der Waals surface area contributed by atoms with Gasteiger partial charge in [0, 0.05) is 11.3 Å². The lowest BCUT2D eigenvalue weighted by Crippen LogP contribution is -2.23. The SMILES string of the molecule is CCONC(=O)c1cccc(CSC)c1. The van der Waals surface area contributed by atoms with Gasteiger partial charge in [0.2, 0.25) is 0 Å². The Labute approximate surface area is 94.2 Å². The summed E-state index contributed by atoms with van der Waals surface area (Å²) >= 11 is 1.73. The molecule has 0 aliphatic carbocycles. The molecule has 0 aromatic heterocycles. The number of benzene rings is 1. The van der Waals surface area contributed by atoms with Crippen molar-refractivity contribution in [2.75, 3.05) is 12.9 Å². The summed E-state index contributed by atoms with van der Waals surface area (Å²) in [5.41, 5.74) is 4.15. The molecule has 1 amide bonds. The Balaban J connectivity index is 2.67. The number of thioether (sulfide) groups is 1. The van der Waals surface area contributed by atoms with Gasteiger partial charge in [-0.25, -0.2) is 5.48 Å². The molecule has 0 radical (unpaired) electrons. The largest absolute Gasteiger partial charge is 0.274 e. The fraction of sp³-hybridized carbons (Fsp3) is 0.364. The van der Waals surface area contributed by atoms with E-state index in [9.17, 15) is 4.79 Å². The van der Waals surface area contributed by atoms with Gasteiger partial charge in [-0.05, 0) is 30.9 Å². The van der Waals surface area contributed by atoms with Crippen LogP contribution in [-0.4, -0.2) is 18.8 Å². The lowest BCUT2D eigenvalue weighted by Gasteiger charge is -2.05. The predicted octanol–water partition coefficient (Wildman–Crippen LogP) is 2.23. The molecule has 1 aromatic carbocycles. The molecule has 1 aromatic rings. The van der Waals surface area contributed by atoms with E-state index in [1.807, 2.05) is 31.4 Å². The third-order valence-corrected chi connectivity index (χ3v) is 2.43. The Morgan fingerprint density at radius 3 is 3.00 bits per heavy atom. The van der Waals surface area contributed by atoms with Crippen LogP contribution >= 0.6 is 11.8 Å². The van der Waals surface area contributed by atoms with E-state index in [2.05, 4.69) is 5.48 Å². The third-order valence-electron chi connectivity index (χ3n) is 1.81. The van der Waals surface area contributed by atoms with Crippen molar-refractivity contribution in [2.24, 2.45) is 0 Å². The van der Waals surface area contributed by atoms with Crippen LogP contribution in [-0.2, 0) is 10.6 Å². The van der Waals surface area contributed by atoms with Crippen LogP contribution < -0.4 is 5.48 Å². The van der Waals surface area contributed by atoms with Crippen molar-refractivity contribution >= 4 is 17.7 Å². The topological polar surface area (TPSA) is 38.3 Å². The predicted molar refractivity (Wildman–Crippen MR) is 62.8 cm³/mol. The van der Waals surface area contributed by atoms with Gasteiger partial charge in [0.25, 0.3) is 5.91 Å². The summed E-state index contributed by atoms with van der Waals surface area (Å²) in [6.07, 6.45) is 2.03. The number of hydrogen-bond acceptors (Lipinski definition) is 3. The molecular formula is C11H15NO2S. The van der Waals surface area contributed by atoms with Crippen LogP contribution in [0.2, 0.25) is 0 Å². The van der Waals surface area contributed by atoms with Crippen molar-refractivity contribution in [1.82, 2.24) is 5.48 Å². The number of nitrogens with one attached hydrogen (secondary N) is 1. The van der Waals surface area contributed by atoms with Crippen LogP contribution in [0.15, 0.2) is 24.3 Å². The molecule has 0 spiro atoms. The van der Waals surface area contributed by atoms with Crippen molar-refractivity contribution in [3.05, 3.63) is 35.4 Å². The van der Waals surface area contributed by atoms with E-state index in [1.54, 1.807) is 17.8 Å². The summed E-state index contributed by atoms with van der Waals surface area (Å²) in [5, 5.41) is 0. The highest BCUT2D eigenvalue weighted by molar-refractivity contribution is 7.97. The van der Waals surface area contributed by atoms with Gasteiger partial charge in [-0.2, -0.15) is 11.8 Å². The monoisotopic (exact) mass is 225 g/mol. The molecule has 0 atom stereocenters. The number of carbonyl (C=O) groups is 1. The summed E-state index contributed by atoms with van der Waals surface area (Å²) in [4.78, 5) is 16.4. The highest BCUT2D eigenvalue weighted by Crippen LogP contribution is 2.11. The van der Waals surface area contributed by atoms with Crippen LogP contribution in [0, 0.1) is 0 Å². The molecule has 0 saturated carbocycles. The first-order chi connectivity index (χ1) is 7.27. The fourth-order valence-electron chi connectivity index (χ4n) is 1.17. The molecule has 3 nitrogen and oxygen atoms in total. The van der Waals surface area contributed by atoms with E-state index in [0.717, 1.165) is 11.3 Å². The highest BCUT2D eigenvalue weighted by Gasteiger charge is 2.05. The van der Waals surface area contributed by atoms with Gasteiger partial charge in [0.05, 0.1) is 6.61 Å². The Kier molecular flexibility index (Phi) is 5.21. The number of rotatable bonds is 5. The number of carbonyl (C=O) groups excluding carboxylic acids is 1. The zero-order valence-electron chi connectivity index (χ0n) is 8.95. The van der Waals surface area contributed by atoms with Gasteiger partial charge >= 0.3 is 0 Å². The van der Waals surface area contributed by atoms with Crippen molar-refractivity contribution in [1.29, 1.82) is 0 Å². The van der Waals surface area contributed by atoms with Crippen LogP contribution in [0.5, 0.6) is 0 Å². The zero-order valence-corrected chi connectivity index (χ0v) is 9.76. The molecular weight excluding hydrogens is 210 g/mol. The van der Waals surface area contributed by atoms with E-state index >= 15 is 0 Å². The quantitative estimate of drug-likeness (QED) is 0.781. The Morgan fingerprint density at radius 1 is 1.53 bits per heavy atom. The van der Waals surface area contributed by atoms with Gasteiger partial charge in [-0.3, -0.25) is 9.63 Å². The van der Waals surface area contributed by atoms with Crippen molar-refractivity contribution in [2.45, 2.75) is 12.7 Å². The molecule has 4 heteroatoms. The average Bonchev–Trinajstić information content (AvgIpc) is 2.27. The van der Waals surface area contributed by atoms with Crippen LogP contribution in [0.25, 0.3) is 0 Å². The average molecular weight is 225 g/mol. The van der Waals surface area contributed by atoms with Gasteiger partial charge in [-0.1, -0.05) is 12.1 Å². The van der Waals surface area contributed by atoms with Gasteiger partial charge < -0.3 is 0 Å². The van der Waals surface area contributed by atoms with Crippen molar-refractivity contribution < 1.29 is 9.63 Å². The third kappa shape index (κ3) is 3.93. The van der Waals surface area contributed by atoms with Crippen molar-refractivity contribution in [3.63, 3.8) is 0 Å². The highest BCUT2D eigenvalue weighted by atomic mass is 32.2. The first-order valence-electron chi connectivity index (χ1n) is 4.78. The summed E-state index contributed by atoms with van der Waals surface area (Å²) in [6, 6.07) is 7.55. The number of hydrogen-bond donors (Lipinski definition) is 1. The van der Waals surface area contributed by atoms with E-state index in [1.165, 1.54) is 0 Å². The first-order valence-corrected chi connectivity index (χ1v) is 6.17. The molecule has 0 aliphatic rings. The van der Waals surface area contributed by atoms with Crippen LogP contribution in [0.1, 0.15) is 22.8 Å². The second-order valence-electron chi connectivity index (χ2n) is 3.00. The lowest BCUT2D eigenvalue weighted by atomic mass is 10.1. The molecule has 1 N–H and O–H groups in total. The molecule has 0 aliphatic heterocycles. The minimum absolute atomic E-state index is 0.195. The fourth-order valence-corrected chi connectivity index (χ4v) is 1.68. The summed E-state index contributed by atoms with van der Waals surface area (Å²) in [6.45, 7) is 2.29. The van der Waals surface area contributed by atoms with Gasteiger partial charge in [0.1, 0.15) is 0 Å². The minimum Gasteiger partial charge on any atom is -0.274 e. The zero-order chi connectivity index (χ0) is 11.1. The number of amides is 1. The molecule has 15 heavy (non-hydrogen) atoms. The molecule has 0 fully saturated rings. The maximum Gasteiger partial charge on any atom is 0.274 e. The summed E-state index contributed by atoms with van der Waals surface area (Å²) in [5.74, 6) is 0.718. The second kappa shape index (κ2) is 6.48. The number of hydroxylamine groups is 1. The van der Waals surface area contributed by atoms with E-state index in [-0.39, 0.29) is 5.91 Å². The normalized spacial score (nSPS) is 10.0. The molecule has 1 rings (SSSR count). The molecule has 0 heterocycles. The lowest BCUT2D eigenvalue weighted by molar-refractivity contribution is 0.0364.